The fourth-order valence-electron chi connectivity index (χ4n) is 0.848. The molecule has 0 saturated heterocycles. The maximum absolute atomic E-state index is 10.9. The van der Waals surface area contributed by atoms with Gasteiger partial charge in [0.2, 0.25) is 0 Å². The number of nitrogens with one attached hydrogen (secondary N) is 2. The quantitative estimate of drug-likeness (QED) is 0.641. The minimum absolute atomic E-state index is 0.0272. The van der Waals surface area contributed by atoms with Gasteiger partial charge in [0.1, 0.15) is 11.4 Å². The maximum Gasteiger partial charge on any atom is 0.339 e. The Morgan fingerprint density at radius 1 is 1.50 bits per heavy atom. The molecule has 0 unspecified atom stereocenters. The zero-order valence-corrected chi connectivity index (χ0v) is 7.44. The zero-order valence-electron chi connectivity index (χ0n) is 7.44. The topological polar surface area (TPSA) is 91.3 Å². The van der Waals surface area contributed by atoms with Gasteiger partial charge >= 0.3 is 12.0 Å². The summed E-state index contributed by atoms with van der Waals surface area (Å²) < 4.78 is 0. The van der Waals surface area contributed by atoms with E-state index in [9.17, 15) is 9.59 Å². The van der Waals surface area contributed by atoms with Crippen molar-refractivity contribution in [2.75, 3.05) is 12.4 Å². The van der Waals surface area contributed by atoms with Gasteiger partial charge in [-0.15, -0.1) is 0 Å². The number of anilines is 1. The van der Waals surface area contributed by atoms with Crippen LogP contribution in [-0.2, 0) is 0 Å². The molecule has 0 atom stereocenters. The van der Waals surface area contributed by atoms with Crippen molar-refractivity contribution in [3.05, 3.63) is 23.9 Å². The second-order valence-corrected chi connectivity index (χ2v) is 2.41. The molecule has 1 aromatic heterocycles. The molecule has 2 amide bonds. The molecule has 0 aromatic carbocycles. The van der Waals surface area contributed by atoms with Crippen LogP contribution < -0.4 is 10.6 Å². The van der Waals surface area contributed by atoms with E-state index < -0.39 is 12.0 Å². The molecule has 6 heteroatoms. The third-order valence-corrected chi connectivity index (χ3v) is 1.50. The number of aromatic carboxylic acids is 1. The van der Waals surface area contributed by atoms with Gasteiger partial charge in [0.15, 0.2) is 0 Å². The van der Waals surface area contributed by atoms with Crippen LogP contribution in [0.15, 0.2) is 18.3 Å². The highest BCUT2D eigenvalue weighted by molar-refractivity contribution is 5.98. The van der Waals surface area contributed by atoms with Crippen LogP contribution in [0.2, 0.25) is 0 Å². The summed E-state index contributed by atoms with van der Waals surface area (Å²) in [5.74, 6) is -1.11. The molecule has 1 aromatic rings. The molecule has 0 aliphatic carbocycles. The molecular weight excluding hydrogens is 186 g/mol. The molecule has 3 N–H and O–H groups in total. The Labute approximate surface area is 80.0 Å². The van der Waals surface area contributed by atoms with Crippen LogP contribution in [0.5, 0.6) is 0 Å². The molecule has 1 heterocycles. The molecule has 0 fully saturated rings. The number of urea groups is 1. The Hall–Kier alpha value is -2.11. The highest BCUT2D eigenvalue weighted by Crippen LogP contribution is 2.10. The summed E-state index contributed by atoms with van der Waals surface area (Å²) in [4.78, 5) is 25.3. The van der Waals surface area contributed by atoms with Crippen LogP contribution in [0.4, 0.5) is 10.6 Å². The molecule has 74 valence electrons. The number of amides is 2. The summed E-state index contributed by atoms with van der Waals surface area (Å²) in [6.07, 6.45) is 1.40. The smallest absolute Gasteiger partial charge is 0.339 e. The van der Waals surface area contributed by atoms with E-state index in [4.69, 9.17) is 5.11 Å². The van der Waals surface area contributed by atoms with Crippen molar-refractivity contribution >= 4 is 17.8 Å². The van der Waals surface area contributed by atoms with E-state index >= 15 is 0 Å². The Morgan fingerprint density at radius 2 is 2.21 bits per heavy atom. The molecule has 0 bridgehead atoms. The lowest BCUT2D eigenvalue weighted by molar-refractivity contribution is 0.0697. The fraction of sp³-hybridized carbons (Fsp3) is 0.125. The summed E-state index contributed by atoms with van der Waals surface area (Å²) >= 11 is 0. The van der Waals surface area contributed by atoms with Crippen LogP contribution >= 0.6 is 0 Å². The van der Waals surface area contributed by atoms with E-state index in [1.165, 1.54) is 25.4 Å². The summed E-state index contributed by atoms with van der Waals surface area (Å²) in [5.41, 5.74) is -0.0453. The van der Waals surface area contributed by atoms with Gasteiger partial charge in [-0.3, -0.25) is 5.32 Å². The van der Waals surface area contributed by atoms with Gasteiger partial charge in [-0.2, -0.15) is 0 Å². The zero-order chi connectivity index (χ0) is 10.6. The molecule has 14 heavy (non-hydrogen) atoms. The first-order chi connectivity index (χ1) is 6.65. The van der Waals surface area contributed by atoms with Crippen molar-refractivity contribution in [3.8, 4) is 0 Å². The van der Waals surface area contributed by atoms with Crippen LogP contribution in [0.1, 0.15) is 10.4 Å². The summed E-state index contributed by atoms with van der Waals surface area (Å²) in [5, 5.41) is 13.3. The van der Waals surface area contributed by atoms with E-state index in [1.54, 1.807) is 0 Å². The number of carboxylic acid groups (broad SMARTS) is 1. The molecular formula is C8H9N3O3. The Bertz CT molecular complexity index is 365. The van der Waals surface area contributed by atoms with Gasteiger partial charge < -0.3 is 10.4 Å². The van der Waals surface area contributed by atoms with E-state index in [-0.39, 0.29) is 11.4 Å². The van der Waals surface area contributed by atoms with Crippen molar-refractivity contribution < 1.29 is 14.7 Å². The average molecular weight is 195 g/mol. The lowest BCUT2D eigenvalue weighted by Gasteiger charge is -2.05. The minimum Gasteiger partial charge on any atom is -0.478 e. The van der Waals surface area contributed by atoms with Crippen molar-refractivity contribution in [3.63, 3.8) is 0 Å². The number of carbonyl (C=O) groups excluding carboxylic acids is 1. The van der Waals surface area contributed by atoms with Gasteiger partial charge in [0.05, 0.1) is 0 Å². The Balaban J connectivity index is 2.95. The molecule has 0 aliphatic rings. The standard InChI is InChI=1S/C8H9N3O3/c1-9-8(14)11-6-5(7(12)13)3-2-4-10-6/h2-4H,1H3,(H,12,13)(H2,9,10,11,14). The summed E-state index contributed by atoms with van der Waals surface area (Å²) in [7, 11) is 1.43. The van der Waals surface area contributed by atoms with Gasteiger partial charge in [0, 0.05) is 13.2 Å². The van der Waals surface area contributed by atoms with Crippen molar-refractivity contribution in [1.29, 1.82) is 0 Å². The number of carbonyl (C=O) groups is 2. The molecule has 6 nitrogen and oxygen atoms in total. The monoisotopic (exact) mass is 195 g/mol. The summed E-state index contributed by atoms with van der Waals surface area (Å²) in [6, 6.07) is 2.34. The van der Waals surface area contributed by atoms with Crippen LogP contribution in [-0.4, -0.2) is 29.1 Å². The average Bonchev–Trinajstić information content (AvgIpc) is 2.18. The minimum atomic E-state index is -1.13. The highest BCUT2D eigenvalue weighted by Gasteiger charge is 2.11. The first-order valence-corrected chi connectivity index (χ1v) is 3.82. The number of aromatic nitrogens is 1. The van der Waals surface area contributed by atoms with E-state index in [1.807, 2.05) is 0 Å². The third-order valence-electron chi connectivity index (χ3n) is 1.50. The normalized spacial score (nSPS) is 9.21. The fourth-order valence-corrected chi connectivity index (χ4v) is 0.848. The van der Waals surface area contributed by atoms with Crippen molar-refractivity contribution in [2.45, 2.75) is 0 Å². The Kier molecular flexibility index (Phi) is 3.01. The van der Waals surface area contributed by atoms with Gasteiger partial charge in [-0.05, 0) is 12.1 Å². The second kappa shape index (κ2) is 4.22. The number of hydrogen-bond donors (Lipinski definition) is 3. The van der Waals surface area contributed by atoms with Crippen LogP contribution in [0, 0.1) is 0 Å². The van der Waals surface area contributed by atoms with Crippen LogP contribution in [0.3, 0.4) is 0 Å². The largest absolute Gasteiger partial charge is 0.478 e. The first kappa shape index (κ1) is 9.97. The lowest BCUT2D eigenvalue weighted by atomic mass is 10.2. The second-order valence-electron chi connectivity index (χ2n) is 2.41. The molecule has 0 radical (unpaired) electrons. The number of pyridine rings is 1. The Morgan fingerprint density at radius 3 is 2.79 bits per heavy atom. The van der Waals surface area contributed by atoms with Gasteiger partial charge in [0.25, 0.3) is 0 Å². The summed E-state index contributed by atoms with van der Waals surface area (Å²) in [6.45, 7) is 0. The number of nitrogens with zero attached hydrogens (tertiary/aromatic N) is 1. The number of hydrogen-bond acceptors (Lipinski definition) is 3. The maximum atomic E-state index is 10.9. The molecule has 0 saturated carbocycles. The molecule has 0 spiro atoms. The van der Waals surface area contributed by atoms with E-state index in [0.29, 0.717) is 0 Å². The van der Waals surface area contributed by atoms with E-state index in [0.717, 1.165) is 0 Å². The first-order valence-electron chi connectivity index (χ1n) is 3.82. The van der Waals surface area contributed by atoms with Crippen molar-refractivity contribution in [2.24, 2.45) is 0 Å². The predicted octanol–water partition coefficient (Wildman–Crippen LogP) is 0.531. The predicted molar refractivity (Wildman–Crippen MR) is 49.3 cm³/mol. The van der Waals surface area contributed by atoms with Gasteiger partial charge in [-0.25, -0.2) is 14.6 Å². The highest BCUT2D eigenvalue weighted by atomic mass is 16.4. The lowest BCUT2D eigenvalue weighted by Crippen LogP contribution is -2.26. The van der Waals surface area contributed by atoms with E-state index in [2.05, 4.69) is 15.6 Å². The molecule has 0 aliphatic heterocycles. The number of rotatable bonds is 2. The third kappa shape index (κ3) is 2.19. The SMILES string of the molecule is CNC(=O)Nc1ncccc1C(=O)O. The molecule has 1 rings (SSSR count). The number of carboxylic acids is 1. The van der Waals surface area contributed by atoms with Crippen LogP contribution in [0.25, 0.3) is 0 Å². The van der Waals surface area contributed by atoms with Gasteiger partial charge in [-0.1, -0.05) is 0 Å². The van der Waals surface area contributed by atoms with Crippen molar-refractivity contribution in [1.82, 2.24) is 10.3 Å².